The molecule has 1 aliphatic heterocycles. The summed E-state index contributed by atoms with van der Waals surface area (Å²) in [7, 11) is 0. The molecule has 94 valence electrons. The van der Waals surface area contributed by atoms with Gasteiger partial charge < -0.3 is 9.64 Å². The Hall–Kier alpha value is -0.510. The molecule has 1 saturated heterocycles. The van der Waals surface area contributed by atoms with E-state index in [2.05, 4.69) is 23.7 Å². The average molecular weight is 275 g/mol. The first kappa shape index (κ1) is 12.9. The van der Waals surface area contributed by atoms with Crippen molar-refractivity contribution in [1.82, 2.24) is 4.98 Å². The fourth-order valence-electron chi connectivity index (χ4n) is 2.18. The van der Waals surface area contributed by atoms with Crippen LogP contribution in [-0.2, 0) is 4.74 Å². The number of anilines is 1. The third kappa shape index (κ3) is 3.03. The molecule has 0 amide bonds. The molecule has 2 rings (SSSR count). The summed E-state index contributed by atoms with van der Waals surface area (Å²) < 4.78 is 5.88. The molecule has 0 spiro atoms. The number of halogens is 2. The molecule has 2 heterocycles. The van der Waals surface area contributed by atoms with E-state index < -0.39 is 0 Å². The molecule has 5 heteroatoms. The van der Waals surface area contributed by atoms with Crippen LogP contribution in [-0.4, -0.2) is 35.7 Å². The second-order valence-electron chi connectivity index (χ2n) is 4.86. The number of rotatable bonds is 2. The molecular weight excluding hydrogens is 259 g/mol. The molecule has 0 bridgehead atoms. The number of hydrogen-bond donors (Lipinski definition) is 0. The van der Waals surface area contributed by atoms with Gasteiger partial charge in [0, 0.05) is 25.5 Å². The summed E-state index contributed by atoms with van der Waals surface area (Å²) >= 11 is 12.1. The van der Waals surface area contributed by atoms with Gasteiger partial charge >= 0.3 is 0 Å². The van der Waals surface area contributed by atoms with Gasteiger partial charge in [0.25, 0.3) is 0 Å². The van der Waals surface area contributed by atoms with Crippen molar-refractivity contribution in [2.24, 2.45) is 0 Å². The Bertz CT molecular complexity index is 398. The van der Waals surface area contributed by atoms with Crippen molar-refractivity contribution in [3.8, 4) is 0 Å². The van der Waals surface area contributed by atoms with Crippen LogP contribution >= 0.6 is 23.2 Å². The molecule has 1 fully saturated rings. The van der Waals surface area contributed by atoms with Gasteiger partial charge in [0.1, 0.15) is 0 Å². The van der Waals surface area contributed by atoms with Crippen LogP contribution in [0.5, 0.6) is 0 Å². The third-order valence-electron chi connectivity index (χ3n) is 2.75. The third-order valence-corrected chi connectivity index (χ3v) is 3.38. The molecule has 3 nitrogen and oxygen atoms in total. The molecule has 0 N–H and O–H groups in total. The smallest absolute Gasteiger partial charge is 0.0893 e. The summed E-state index contributed by atoms with van der Waals surface area (Å²) in [5.41, 5.74) is 0.776. The van der Waals surface area contributed by atoms with Crippen LogP contribution in [0.25, 0.3) is 0 Å². The first-order chi connectivity index (χ1) is 8.02. The fraction of sp³-hybridized carbons (Fsp3) is 0.583. The van der Waals surface area contributed by atoms with Gasteiger partial charge in [-0.05, 0) is 19.9 Å². The molecule has 0 saturated carbocycles. The average Bonchev–Trinajstić information content (AvgIpc) is 2.27. The number of nitrogens with zero attached hydrogens (tertiary/aromatic N) is 2. The van der Waals surface area contributed by atoms with Crippen molar-refractivity contribution in [3.05, 3.63) is 23.5 Å². The Morgan fingerprint density at radius 3 is 3.00 bits per heavy atom. The largest absolute Gasteiger partial charge is 0.367 e. The molecule has 1 unspecified atom stereocenters. The summed E-state index contributed by atoms with van der Waals surface area (Å²) in [6.07, 6.45) is 3.44. The maximum Gasteiger partial charge on any atom is 0.0893 e. The quantitative estimate of drug-likeness (QED) is 0.776. The van der Waals surface area contributed by atoms with Crippen molar-refractivity contribution in [1.29, 1.82) is 0 Å². The summed E-state index contributed by atoms with van der Waals surface area (Å²) in [6.45, 7) is 5.68. The topological polar surface area (TPSA) is 25.4 Å². The van der Waals surface area contributed by atoms with Crippen LogP contribution in [0.15, 0.2) is 18.5 Å². The Kier molecular flexibility index (Phi) is 3.81. The van der Waals surface area contributed by atoms with E-state index >= 15 is 0 Å². The minimum atomic E-state index is -0.218. The Labute approximate surface area is 112 Å². The molecule has 1 aromatic rings. The standard InChI is InChI=1S/C12H16Cl2N2O/c1-12(2)8-16(7-9(5-13)17-12)11-3-4-15-6-10(11)14/h3-4,6,9H,5,7-8H2,1-2H3. The fourth-order valence-corrected chi connectivity index (χ4v) is 2.58. The predicted molar refractivity (Wildman–Crippen MR) is 71.1 cm³/mol. The van der Waals surface area contributed by atoms with Crippen molar-refractivity contribution in [2.45, 2.75) is 25.6 Å². The molecule has 1 aromatic heterocycles. The van der Waals surface area contributed by atoms with Crippen LogP contribution < -0.4 is 4.90 Å². The lowest BCUT2D eigenvalue weighted by Gasteiger charge is -2.43. The normalized spacial score (nSPS) is 23.8. The van der Waals surface area contributed by atoms with Gasteiger partial charge in [-0.1, -0.05) is 11.6 Å². The highest BCUT2D eigenvalue weighted by Gasteiger charge is 2.33. The lowest BCUT2D eigenvalue weighted by molar-refractivity contribution is -0.0734. The number of morpholine rings is 1. The highest BCUT2D eigenvalue weighted by Crippen LogP contribution is 2.30. The van der Waals surface area contributed by atoms with E-state index in [1.54, 1.807) is 12.4 Å². The van der Waals surface area contributed by atoms with E-state index in [0.717, 1.165) is 18.8 Å². The summed E-state index contributed by atoms with van der Waals surface area (Å²) in [5.74, 6) is 0.489. The van der Waals surface area contributed by atoms with Gasteiger partial charge in [0.05, 0.1) is 28.3 Å². The van der Waals surface area contributed by atoms with Crippen LogP contribution in [0.1, 0.15) is 13.8 Å². The second kappa shape index (κ2) is 5.01. The minimum absolute atomic E-state index is 0.0321. The molecule has 1 aliphatic rings. The predicted octanol–water partition coefficient (Wildman–Crippen LogP) is 2.96. The van der Waals surface area contributed by atoms with Gasteiger partial charge in [-0.25, -0.2) is 0 Å². The van der Waals surface area contributed by atoms with Crippen LogP contribution in [0, 0.1) is 0 Å². The Balaban J connectivity index is 2.24. The van der Waals surface area contributed by atoms with Crippen molar-refractivity contribution >= 4 is 28.9 Å². The van der Waals surface area contributed by atoms with Gasteiger partial charge in [-0.3, -0.25) is 4.98 Å². The first-order valence-electron chi connectivity index (χ1n) is 5.60. The van der Waals surface area contributed by atoms with Gasteiger partial charge in [0.15, 0.2) is 0 Å². The number of hydrogen-bond acceptors (Lipinski definition) is 3. The maximum atomic E-state index is 6.16. The van der Waals surface area contributed by atoms with E-state index in [-0.39, 0.29) is 11.7 Å². The van der Waals surface area contributed by atoms with Gasteiger partial charge in [0.2, 0.25) is 0 Å². The minimum Gasteiger partial charge on any atom is -0.367 e. The van der Waals surface area contributed by atoms with E-state index in [0.29, 0.717) is 10.9 Å². The second-order valence-corrected chi connectivity index (χ2v) is 5.58. The van der Waals surface area contributed by atoms with E-state index in [1.807, 2.05) is 6.07 Å². The molecule has 0 radical (unpaired) electrons. The molecule has 1 atom stereocenters. The van der Waals surface area contributed by atoms with Crippen molar-refractivity contribution in [2.75, 3.05) is 23.9 Å². The van der Waals surface area contributed by atoms with Crippen LogP contribution in [0.4, 0.5) is 5.69 Å². The molecular formula is C12H16Cl2N2O. The molecule has 17 heavy (non-hydrogen) atoms. The summed E-state index contributed by atoms with van der Waals surface area (Å²) in [5, 5.41) is 0.665. The zero-order chi connectivity index (χ0) is 12.5. The lowest BCUT2D eigenvalue weighted by Crippen LogP contribution is -2.53. The van der Waals surface area contributed by atoms with Crippen molar-refractivity contribution in [3.63, 3.8) is 0 Å². The SMILES string of the molecule is CC1(C)CN(c2ccncc2Cl)CC(CCl)O1. The zero-order valence-corrected chi connectivity index (χ0v) is 11.5. The van der Waals surface area contributed by atoms with Crippen LogP contribution in [0.3, 0.4) is 0 Å². The molecule has 0 aromatic carbocycles. The zero-order valence-electron chi connectivity index (χ0n) is 9.99. The number of ether oxygens (including phenoxy) is 1. The van der Waals surface area contributed by atoms with E-state index in [4.69, 9.17) is 27.9 Å². The van der Waals surface area contributed by atoms with Crippen molar-refractivity contribution < 1.29 is 4.74 Å². The number of alkyl halides is 1. The monoisotopic (exact) mass is 274 g/mol. The molecule has 0 aliphatic carbocycles. The van der Waals surface area contributed by atoms with Gasteiger partial charge in [-0.15, -0.1) is 11.6 Å². The highest BCUT2D eigenvalue weighted by molar-refractivity contribution is 6.33. The number of aromatic nitrogens is 1. The van der Waals surface area contributed by atoms with Gasteiger partial charge in [-0.2, -0.15) is 0 Å². The Morgan fingerprint density at radius 1 is 1.59 bits per heavy atom. The number of pyridine rings is 1. The van der Waals surface area contributed by atoms with E-state index in [1.165, 1.54) is 0 Å². The first-order valence-corrected chi connectivity index (χ1v) is 6.51. The Morgan fingerprint density at radius 2 is 2.35 bits per heavy atom. The van der Waals surface area contributed by atoms with Crippen LogP contribution in [0.2, 0.25) is 5.02 Å². The maximum absolute atomic E-state index is 6.16. The summed E-state index contributed by atoms with van der Waals surface area (Å²) in [6, 6.07) is 1.93. The van der Waals surface area contributed by atoms with E-state index in [9.17, 15) is 0 Å². The summed E-state index contributed by atoms with van der Waals surface area (Å²) in [4.78, 5) is 6.21. The highest BCUT2D eigenvalue weighted by atomic mass is 35.5. The lowest BCUT2D eigenvalue weighted by atomic mass is 10.0.